The Bertz CT molecular complexity index is 593. The minimum Gasteiger partial charge on any atom is -0.348 e. The van der Waals surface area contributed by atoms with Crippen LogP contribution in [0.3, 0.4) is 0 Å². The second-order valence-corrected chi connectivity index (χ2v) is 7.03. The van der Waals surface area contributed by atoms with Crippen LogP contribution in [0.5, 0.6) is 0 Å². The highest BCUT2D eigenvalue weighted by Crippen LogP contribution is 2.14. The molecule has 1 aliphatic rings. The molecule has 110 valence electrons. The van der Waals surface area contributed by atoms with E-state index in [-0.39, 0.29) is 23.5 Å². The van der Waals surface area contributed by atoms with Gasteiger partial charge in [-0.25, -0.2) is 19.2 Å². The maximum absolute atomic E-state index is 12.1. The number of amides is 1. The Morgan fingerprint density at radius 1 is 1.50 bits per heavy atom. The molecule has 1 aliphatic heterocycles. The number of carbonyl (C=O) groups is 1. The van der Waals surface area contributed by atoms with Crippen LogP contribution in [-0.2, 0) is 16.3 Å². The summed E-state index contributed by atoms with van der Waals surface area (Å²) < 4.78 is 22.7. The molecule has 1 atom stereocenters. The summed E-state index contributed by atoms with van der Waals surface area (Å²) in [4.78, 5) is 16.3. The molecule has 0 aromatic carbocycles. The average molecular weight is 298 g/mol. The van der Waals surface area contributed by atoms with Crippen LogP contribution in [0.4, 0.5) is 5.82 Å². The fourth-order valence-electron chi connectivity index (χ4n) is 2.15. The number of aryl methyl sites for hydroxylation is 1. The summed E-state index contributed by atoms with van der Waals surface area (Å²) in [5.74, 6) is 5.56. The van der Waals surface area contributed by atoms with Crippen molar-refractivity contribution in [1.82, 2.24) is 10.3 Å². The molecule has 20 heavy (non-hydrogen) atoms. The first-order valence-electron chi connectivity index (χ1n) is 6.42. The number of nitrogens with two attached hydrogens (primary N) is 1. The van der Waals surface area contributed by atoms with E-state index < -0.39 is 9.84 Å². The number of pyridine rings is 1. The summed E-state index contributed by atoms with van der Waals surface area (Å²) in [7, 11) is -3.01. The maximum atomic E-state index is 12.1. The number of nitrogens with zero attached hydrogens (tertiary/aromatic N) is 1. The zero-order valence-corrected chi connectivity index (χ0v) is 12.0. The third-order valence-electron chi connectivity index (χ3n) is 3.22. The lowest BCUT2D eigenvalue weighted by Gasteiger charge is -2.12. The Hall–Kier alpha value is -1.67. The van der Waals surface area contributed by atoms with Crippen LogP contribution in [0.1, 0.15) is 29.4 Å². The summed E-state index contributed by atoms with van der Waals surface area (Å²) in [5.41, 5.74) is 3.58. The van der Waals surface area contributed by atoms with Gasteiger partial charge in [0.15, 0.2) is 9.84 Å². The zero-order valence-electron chi connectivity index (χ0n) is 11.2. The minimum absolute atomic E-state index is 0.00640. The van der Waals surface area contributed by atoms with Crippen LogP contribution in [-0.4, -0.2) is 36.9 Å². The van der Waals surface area contributed by atoms with E-state index in [4.69, 9.17) is 5.84 Å². The van der Waals surface area contributed by atoms with Crippen molar-refractivity contribution in [2.45, 2.75) is 25.8 Å². The van der Waals surface area contributed by atoms with E-state index in [1.54, 1.807) is 6.07 Å². The highest BCUT2D eigenvalue weighted by Gasteiger charge is 2.29. The Kier molecular flexibility index (Phi) is 4.24. The van der Waals surface area contributed by atoms with Crippen molar-refractivity contribution in [2.75, 3.05) is 16.9 Å². The maximum Gasteiger partial charge on any atom is 0.251 e. The van der Waals surface area contributed by atoms with Gasteiger partial charge in [0.05, 0.1) is 11.5 Å². The summed E-state index contributed by atoms with van der Waals surface area (Å²) in [6.45, 7) is 1.92. The number of hydrogen-bond donors (Lipinski definition) is 3. The van der Waals surface area contributed by atoms with Crippen LogP contribution >= 0.6 is 0 Å². The summed E-state index contributed by atoms with van der Waals surface area (Å²) in [6, 6.07) is 2.90. The molecule has 2 rings (SSSR count). The molecular formula is C12H18N4O3S. The molecule has 0 saturated carbocycles. The lowest BCUT2D eigenvalue weighted by atomic mass is 10.1. The number of hydrogen-bond acceptors (Lipinski definition) is 6. The number of sulfone groups is 1. The third kappa shape index (κ3) is 3.45. The highest BCUT2D eigenvalue weighted by molar-refractivity contribution is 7.91. The fraction of sp³-hybridized carbons (Fsp3) is 0.500. The molecule has 1 aromatic heterocycles. The fourth-order valence-corrected chi connectivity index (χ4v) is 3.82. The topological polar surface area (TPSA) is 114 Å². The summed E-state index contributed by atoms with van der Waals surface area (Å²) in [6.07, 6.45) is 1.13. The van der Waals surface area contributed by atoms with Gasteiger partial charge in [0.25, 0.3) is 5.91 Å². The molecule has 1 unspecified atom stereocenters. The predicted molar refractivity (Wildman–Crippen MR) is 76.0 cm³/mol. The number of carbonyl (C=O) groups excluding carboxylic acids is 1. The Balaban J connectivity index is 2.13. The molecule has 0 spiro atoms. The molecule has 1 saturated heterocycles. The third-order valence-corrected chi connectivity index (χ3v) is 4.99. The molecule has 0 bridgehead atoms. The largest absolute Gasteiger partial charge is 0.348 e. The van der Waals surface area contributed by atoms with E-state index in [1.807, 2.05) is 6.92 Å². The highest BCUT2D eigenvalue weighted by atomic mass is 32.2. The smallest absolute Gasteiger partial charge is 0.251 e. The van der Waals surface area contributed by atoms with Crippen LogP contribution in [0.2, 0.25) is 0 Å². The number of hydrazine groups is 1. The molecule has 1 amide bonds. The van der Waals surface area contributed by atoms with Crippen molar-refractivity contribution in [3.05, 3.63) is 23.4 Å². The first-order chi connectivity index (χ1) is 9.43. The van der Waals surface area contributed by atoms with Crippen molar-refractivity contribution in [3.8, 4) is 0 Å². The quantitative estimate of drug-likeness (QED) is 0.526. The Morgan fingerprint density at radius 2 is 2.25 bits per heavy atom. The van der Waals surface area contributed by atoms with Gasteiger partial charge in [-0.05, 0) is 25.0 Å². The van der Waals surface area contributed by atoms with Crippen LogP contribution in [0.25, 0.3) is 0 Å². The van der Waals surface area contributed by atoms with Gasteiger partial charge in [-0.15, -0.1) is 0 Å². The van der Waals surface area contributed by atoms with Crippen molar-refractivity contribution in [2.24, 2.45) is 5.84 Å². The van der Waals surface area contributed by atoms with Crippen molar-refractivity contribution in [1.29, 1.82) is 0 Å². The van der Waals surface area contributed by atoms with E-state index in [9.17, 15) is 13.2 Å². The zero-order chi connectivity index (χ0) is 14.8. The number of anilines is 1. The van der Waals surface area contributed by atoms with Gasteiger partial charge in [-0.1, -0.05) is 6.92 Å². The Morgan fingerprint density at radius 3 is 2.80 bits per heavy atom. The SMILES string of the molecule is CCc1cc(C(=O)NC2CCS(=O)(=O)C2)cc(NN)n1. The van der Waals surface area contributed by atoms with Gasteiger partial charge >= 0.3 is 0 Å². The summed E-state index contributed by atoms with van der Waals surface area (Å²) in [5, 5.41) is 2.74. The molecule has 7 nitrogen and oxygen atoms in total. The molecule has 8 heteroatoms. The first-order valence-corrected chi connectivity index (χ1v) is 8.24. The van der Waals surface area contributed by atoms with Crippen molar-refractivity contribution in [3.63, 3.8) is 0 Å². The minimum atomic E-state index is -3.01. The first kappa shape index (κ1) is 14.7. The van der Waals surface area contributed by atoms with E-state index in [2.05, 4.69) is 15.7 Å². The van der Waals surface area contributed by atoms with Crippen LogP contribution < -0.4 is 16.6 Å². The molecule has 1 aromatic rings. The predicted octanol–water partition coefficient (Wildman–Crippen LogP) is -0.153. The monoisotopic (exact) mass is 298 g/mol. The van der Waals surface area contributed by atoms with Gasteiger partial charge in [0.1, 0.15) is 5.82 Å². The molecule has 0 aliphatic carbocycles. The molecular weight excluding hydrogens is 280 g/mol. The van der Waals surface area contributed by atoms with Gasteiger partial charge in [-0.2, -0.15) is 0 Å². The molecule has 4 N–H and O–H groups in total. The van der Waals surface area contributed by atoms with E-state index in [0.717, 1.165) is 5.69 Å². The van der Waals surface area contributed by atoms with Gasteiger partial charge in [0.2, 0.25) is 0 Å². The number of nitrogen functional groups attached to an aromatic ring is 1. The number of rotatable bonds is 4. The summed E-state index contributed by atoms with van der Waals surface area (Å²) >= 11 is 0. The van der Waals surface area contributed by atoms with Gasteiger partial charge in [-0.3, -0.25) is 4.79 Å². The number of nitrogens with one attached hydrogen (secondary N) is 2. The van der Waals surface area contributed by atoms with E-state index in [0.29, 0.717) is 24.2 Å². The standard InChI is InChI=1S/C12H18N4O3S/c1-2-9-5-8(6-11(14-9)16-13)12(17)15-10-3-4-20(18,19)7-10/h5-6,10H,2-4,7,13H2,1H3,(H,14,16)(H,15,17). The second-order valence-electron chi connectivity index (χ2n) is 4.80. The number of aromatic nitrogens is 1. The van der Waals surface area contributed by atoms with E-state index >= 15 is 0 Å². The van der Waals surface area contributed by atoms with Gasteiger partial charge in [0, 0.05) is 17.3 Å². The molecule has 1 fully saturated rings. The van der Waals surface area contributed by atoms with Crippen molar-refractivity contribution < 1.29 is 13.2 Å². The van der Waals surface area contributed by atoms with Crippen molar-refractivity contribution >= 4 is 21.6 Å². The second kappa shape index (κ2) is 5.76. The lowest BCUT2D eigenvalue weighted by molar-refractivity contribution is 0.0941. The lowest BCUT2D eigenvalue weighted by Crippen LogP contribution is -2.35. The van der Waals surface area contributed by atoms with Crippen LogP contribution in [0.15, 0.2) is 12.1 Å². The molecule has 0 radical (unpaired) electrons. The van der Waals surface area contributed by atoms with E-state index in [1.165, 1.54) is 6.07 Å². The average Bonchev–Trinajstić information content (AvgIpc) is 2.77. The van der Waals surface area contributed by atoms with Gasteiger partial charge < -0.3 is 10.7 Å². The van der Waals surface area contributed by atoms with Crippen LogP contribution in [0, 0.1) is 0 Å². The Labute approximate surface area is 117 Å². The molecule has 2 heterocycles. The normalized spacial score (nSPS) is 20.6.